The molecule has 0 aromatic heterocycles. The third kappa shape index (κ3) is 3.78. The van der Waals surface area contributed by atoms with Crippen molar-refractivity contribution in [3.63, 3.8) is 0 Å². The molecule has 0 saturated heterocycles. The van der Waals surface area contributed by atoms with Gasteiger partial charge < -0.3 is 4.74 Å². The number of hydrogen-bond acceptors (Lipinski definition) is 3. The third-order valence-corrected chi connectivity index (χ3v) is 3.86. The second kappa shape index (κ2) is 5.71. The predicted octanol–water partition coefficient (Wildman–Crippen LogP) is 3.69. The lowest BCUT2D eigenvalue weighted by Gasteiger charge is -2.08. The van der Waals surface area contributed by atoms with Crippen LogP contribution < -0.4 is 4.74 Å². The average Bonchev–Trinajstić information content (AvgIpc) is 2.37. The topological polar surface area (TPSA) is 43.4 Å². The minimum atomic E-state index is -4.69. The molecule has 3 nitrogen and oxygen atoms in total. The molecule has 0 aliphatic rings. The van der Waals surface area contributed by atoms with E-state index in [2.05, 4.69) is 15.9 Å². The van der Waals surface area contributed by atoms with E-state index in [-0.39, 0.29) is 0 Å². The summed E-state index contributed by atoms with van der Waals surface area (Å²) in [5, 5.41) is 0. The minimum Gasteiger partial charge on any atom is -0.488 e. The van der Waals surface area contributed by atoms with Crippen LogP contribution in [0.2, 0.25) is 0 Å². The smallest absolute Gasteiger partial charge is 0.332 e. The first-order chi connectivity index (χ1) is 8.97. The molecule has 0 amide bonds. The van der Waals surface area contributed by atoms with Gasteiger partial charge in [0, 0.05) is 0 Å². The fourth-order valence-electron chi connectivity index (χ4n) is 1.49. The highest BCUT2D eigenvalue weighted by Crippen LogP contribution is 2.29. The molecule has 19 heavy (non-hydrogen) atoms. The van der Waals surface area contributed by atoms with Gasteiger partial charge in [0.15, 0.2) is 0 Å². The molecule has 2 aromatic carbocycles. The van der Waals surface area contributed by atoms with E-state index in [4.69, 9.17) is 4.74 Å². The van der Waals surface area contributed by atoms with Crippen LogP contribution in [-0.2, 0) is 16.8 Å². The molecule has 0 aliphatic carbocycles. The zero-order valence-corrected chi connectivity index (χ0v) is 12.1. The zero-order valence-electron chi connectivity index (χ0n) is 9.71. The highest BCUT2D eigenvalue weighted by atomic mass is 79.9. The summed E-state index contributed by atoms with van der Waals surface area (Å²) in [6.07, 6.45) is 0. The molecule has 0 atom stereocenters. The van der Waals surface area contributed by atoms with Crippen molar-refractivity contribution in [2.75, 3.05) is 0 Å². The Bertz CT molecular complexity index is 672. The summed E-state index contributed by atoms with van der Waals surface area (Å²) in [5.74, 6) is 0.455. The van der Waals surface area contributed by atoms with Crippen molar-refractivity contribution in [1.29, 1.82) is 0 Å². The van der Waals surface area contributed by atoms with Gasteiger partial charge in [-0.05, 0) is 39.7 Å². The fourth-order valence-corrected chi connectivity index (χ4v) is 2.62. The maximum absolute atomic E-state index is 12.8. The lowest BCUT2D eigenvalue weighted by atomic mass is 10.2. The molecular weight excluding hydrogens is 335 g/mol. The summed E-state index contributed by atoms with van der Waals surface area (Å²) in [7, 11) is -4.69. The number of benzene rings is 2. The molecule has 0 saturated carbocycles. The van der Waals surface area contributed by atoms with Crippen LogP contribution >= 0.6 is 15.9 Å². The van der Waals surface area contributed by atoms with Gasteiger partial charge in [-0.25, -0.2) is 0 Å². The summed E-state index contributed by atoms with van der Waals surface area (Å²) >= 11 is 3.16. The molecule has 0 N–H and O–H groups in total. The lowest BCUT2D eigenvalue weighted by Crippen LogP contribution is -1.97. The van der Waals surface area contributed by atoms with Gasteiger partial charge in [0.2, 0.25) is 0 Å². The molecule has 0 bridgehead atoms. The van der Waals surface area contributed by atoms with Crippen LogP contribution in [0.5, 0.6) is 5.75 Å². The van der Waals surface area contributed by atoms with Gasteiger partial charge in [0.1, 0.15) is 12.4 Å². The average molecular weight is 345 g/mol. The van der Waals surface area contributed by atoms with E-state index >= 15 is 0 Å². The first-order valence-electron chi connectivity index (χ1n) is 5.38. The summed E-state index contributed by atoms with van der Waals surface area (Å²) in [5.41, 5.74) is 0.983. The van der Waals surface area contributed by atoms with Crippen LogP contribution in [0.3, 0.4) is 0 Å². The van der Waals surface area contributed by atoms with E-state index in [9.17, 15) is 12.3 Å². The molecule has 6 heteroatoms. The van der Waals surface area contributed by atoms with Crippen molar-refractivity contribution < 1.29 is 17.0 Å². The molecule has 2 rings (SSSR count). The first-order valence-corrected chi connectivity index (χ1v) is 7.55. The van der Waals surface area contributed by atoms with Crippen molar-refractivity contribution in [3.05, 3.63) is 58.6 Å². The zero-order chi connectivity index (χ0) is 13.9. The van der Waals surface area contributed by atoms with Crippen LogP contribution in [0.25, 0.3) is 0 Å². The molecule has 0 heterocycles. The largest absolute Gasteiger partial charge is 0.488 e. The van der Waals surface area contributed by atoms with Gasteiger partial charge in [-0.3, -0.25) is 0 Å². The van der Waals surface area contributed by atoms with Crippen molar-refractivity contribution in [2.45, 2.75) is 11.5 Å². The Hall–Kier alpha value is -1.40. The van der Waals surface area contributed by atoms with Gasteiger partial charge in [-0.15, -0.1) is 3.89 Å². The molecule has 0 unspecified atom stereocenters. The molecule has 0 spiro atoms. The SMILES string of the molecule is O=S(=O)(F)c1ccc(OCc2ccccc2)c(Br)c1. The Morgan fingerprint density at radius 1 is 1.11 bits per heavy atom. The van der Waals surface area contributed by atoms with E-state index in [0.717, 1.165) is 5.56 Å². The van der Waals surface area contributed by atoms with Crippen LogP contribution in [0.15, 0.2) is 57.9 Å². The van der Waals surface area contributed by atoms with Crippen LogP contribution in [0, 0.1) is 0 Å². The monoisotopic (exact) mass is 344 g/mol. The quantitative estimate of drug-likeness (QED) is 0.794. The van der Waals surface area contributed by atoms with Gasteiger partial charge >= 0.3 is 10.2 Å². The highest BCUT2D eigenvalue weighted by Gasteiger charge is 2.14. The molecule has 0 fully saturated rings. The van der Waals surface area contributed by atoms with Crippen LogP contribution in [-0.4, -0.2) is 8.42 Å². The van der Waals surface area contributed by atoms with Gasteiger partial charge in [0.05, 0.1) is 9.37 Å². The minimum absolute atomic E-state index is 0.348. The highest BCUT2D eigenvalue weighted by molar-refractivity contribution is 9.10. The van der Waals surface area contributed by atoms with Crippen molar-refractivity contribution in [3.8, 4) is 5.75 Å². The fraction of sp³-hybridized carbons (Fsp3) is 0.0769. The first kappa shape index (κ1) is 14.0. The lowest BCUT2D eigenvalue weighted by molar-refractivity contribution is 0.304. The molecule has 0 aliphatic heterocycles. The van der Waals surface area contributed by atoms with Crippen LogP contribution in [0.4, 0.5) is 3.89 Å². The summed E-state index contributed by atoms with van der Waals surface area (Å²) < 4.78 is 40.2. The third-order valence-electron chi connectivity index (χ3n) is 2.42. The standard InChI is InChI=1S/C13H10BrFO3S/c14-12-8-11(19(15,16)17)6-7-13(12)18-9-10-4-2-1-3-5-10/h1-8H,9H2. The Morgan fingerprint density at radius 2 is 1.79 bits per heavy atom. The Labute approximate surface area is 119 Å². The van der Waals surface area contributed by atoms with E-state index < -0.39 is 15.1 Å². The van der Waals surface area contributed by atoms with E-state index in [1.165, 1.54) is 18.2 Å². The summed E-state index contributed by atoms with van der Waals surface area (Å²) in [4.78, 5) is -0.397. The van der Waals surface area contributed by atoms with E-state index in [1.807, 2.05) is 30.3 Å². The maximum Gasteiger partial charge on any atom is 0.332 e. The van der Waals surface area contributed by atoms with E-state index in [1.54, 1.807) is 0 Å². The molecule has 2 aromatic rings. The molecule has 100 valence electrons. The summed E-state index contributed by atoms with van der Waals surface area (Å²) in [6.45, 7) is 0.348. The van der Waals surface area contributed by atoms with Gasteiger partial charge in [-0.1, -0.05) is 30.3 Å². The number of rotatable bonds is 4. The Morgan fingerprint density at radius 3 is 2.37 bits per heavy atom. The Balaban J connectivity index is 2.14. The van der Waals surface area contributed by atoms with E-state index in [0.29, 0.717) is 16.8 Å². The second-order valence-electron chi connectivity index (χ2n) is 3.80. The normalized spacial score (nSPS) is 11.3. The molecule has 0 radical (unpaired) electrons. The van der Waals surface area contributed by atoms with Crippen molar-refractivity contribution in [2.24, 2.45) is 0 Å². The van der Waals surface area contributed by atoms with Crippen molar-refractivity contribution >= 4 is 26.2 Å². The Kier molecular flexibility index (Phi) is 4.21. The van der Waals surface area contributed by atoms with Crippen LogP contribution in [0.1, 0.15) is 5.56 Å². The molecular formula is C13H10BrFO3S. The number of hydrogen-bond donors (Lipinski definition) is 0. The summed E-state index contributed by atoms with van der Waals surface area (Å²) in [6, 6.07) is 13.3. The van der Waals surface area contributed by atoms with Crippen molar-refractivity contribution in [1.82, 2.24) is 0 Å². The van der Waals surface area contributed by atoms with Gasteiger partial charge in [-0.2, -0.15) is 8.42 Å². The number of ether oxygens (including phenoxy) is 1. The number of halogens is 2. The second-order valence-corrected chi connectivity index (χ2v) is 6.01. The van der Waals surface area contributed by atoms with Gasteiger partial charge in [0.25, 0.3) is 0 Å². The predicted molar refractivity (Wildman–Crippen MR) is 73.2 cm³/mol. The maximum atomic E-state index is 12.8.